The number of nitrogens with one attached hydrogen (secondary N) is 1. The molecule has 1 saturated heterocycles. The van der Waals surface area contributed by atoms with Crippen LogP contribution in [-0.2, 0) is 17.8 Å². The second kappa shape index (κ2) is 6.49. The van der Waals surface area contributed by atoms with Crippen molar-refractivity contribution in [3.63, 3.8) is 0 Å². The third kappa shape index (κ3) is 3.26. The predicted molar refractivity (Wildman–Crippen MR) is 85.1 cm³/mol. The Kier molecular flexibility index (Phi) is 4.42. The molecule has 0 bridgehead atoms. The van der Waals surface area contributed by atoms with Gasteiger partial charge in [-0.15, -0.1) is 0 Å². The van der Waals surface area contributed by atoms with Crippen LogP contribution in [0.25, 0.3) is 0 Å². The molecule has 1 N–H and O–H groups in total. The Morgan fingerprint density at radius 1 is 1.26 bits per heavy atom. The molecule has 0 atom stereocenters. The fourth-order valence-electron chi connectivity index (χ4n) is 3.09. The summed E-state index contributed by atoms with van der Waals surface area (Å²) in [6, 6.07) is -0.276. The third-order valence-corrected chi connectivity index (χ3v) is 4.28. The Morgan fingerprint density at radius 3 is 2.78 bits per heavy atom. The van der Waals surface area contributed by atoms with Crippen molar-refractivity contribution in [1.29, 1.82) is 0 Å². The van der Waals surface area contributed by atoms with Gasteiger partial charge in [-0.25, -0.2) is 14.8 Å². The first-order valence-electron chi connectivity index (χ1n) is 7.87. The number of amides is 3. The number of hydrogen-bond donors (Lipinski definition) is 1. The highest BCUT2D eigenvalue weighted by molar-refractivity contribution is 6.01. The van der Waals surface area contributed by atoms with E-state index in [-0.39, 0.29) is 18.5 Å². The van der Waals surface area contributed by atoms with E-state index >= 15 is 0 Å². The lowest BCUT2D eigenvalue weighted by Crippen LogP contribution is -2.37. The van der Waals surface area contributed by atoms with Crippen LogP contribution in [0.5, 0.6) is 0 Å². The van der Waals surface area contributed by atoms with Crippen molar-refractivity contribution in [3.8, 4) is 0 Å². The molecule has 1 aromatic heterocycles. The SMILES string of the molecule is CN(C)c1ncnc2c1CN(CCCN1C(=O)CNC1=O)CC2. The Morgan fingerprint density at radius 2 is 2.09 bits per heavy atom. The highest BCUT2D eigenvalue weighted by atomic mass is 16.2. The van der Waals surface area contributed by atoms with E-state index in [9.17, 15) is 9.59 Å². The second-order valence-corrected chi connectivity index (χ2v) is 6.10. The number of fused-ring (bicyclic) bond motifs is 1. The number of carbonyl (C=O) groups is 2. The van der Waals surface area contributed by atoms with Gasteiger partial charge in [0.1, 0.15) is 12.1 Å². The van der Waals surface area contributed by atoms with Gasteiger partial charge in [0.25, 0.3) is 0 Å². The zero-order chi connectivity index (χ0) is 16.4. The summed E-state index contributed by atoms with van der Waals surface area (Å²) in [6.45, 7) is 3.19. The summed E-state index contributed by atoms with van der Waals surface area (Å²) in [5.41, 5.74) is 2.30. The molecular weight excluding hydrogens is 296 g/mol. The molecule has 3 amide bonds. The number of urea groups is 1. The van der Waals surface area contributed by atoms with Crippen LogP contribution < -0.4 is 10.2 Å². The number of imide groups is 1. The number of anilines is 1. The van der Waals surface area contributed by atoms with Gasteiger partial charge in [0, 0.05) is 52.3 Å². The first kappa shape index (κ1) is 15.7. The number of nitrogens with zero attached hydrogens (tertiary/aromatic N) is 5. The van der Waals surface area contributed by atoms with Gasteiger partial charge in [-0.3, -0.25) is 14.6 Å². The highest BCUT2D eigenvalue weighted by Crippen LogP contribution is 2.24. The van der Waals surface area contributed by atoms with E-state index in [0.29, 0.717) is 6.54 Å². The standard InChI is InChI=1S/C15H22N6O2/c1-19(2)14-11-9-20(7-4-12(11)17-10-18-14)5-3-6-21-13(22)8-16-15(21)23/h10H,3-9H2,1-2H3,(H,16,23). The molecule has 1 fully saturated rings. The molecule has 3 heterocycles. The van der Waals surface area contributed by atoms with E-state index in [4.69, 9.17) is 0 Å². The zero-order valence-corrected chi connectivity index (χ0v) is 13.6. The predicted octanol–water partition coefficient (Wildman–Crippen LogP) is -0.157. The fourth-order valence-corrected chi connectivity index (χ4v) is 3.09. The second-order valence-electron chi connectivity index (χ2n) is 6.10. The Hall–Kier alpha value is -2.22. The van der Waals surface area contributed by atoms with Crippen LogP contribution in [0.1, 0.15) is 17.7 Å². The lowest BCUT2D eigenvalue weighted by atomic mass is 10.1. The summed E-state index contributed by atoms with van der Waals surface area (Å²) in [6.07, 6.45) is 3.31. The number of carbonyl (C=O) groups excluding carboxylic acids is 2. The average Bonchev–Trinajstić information content (AvgIpc) is 2.86. The summed E-state index contributed by atoms with van der Waals surface area (Å²) in [5, 5.41) is 2.54. The molecule has 0 aromatic carbocycles. The summed E-state index contributed by atoms with van der Waals surface area (Å²) in [4.78, 5) is 37.5. The van der Waals surface area contributed by atoms with Crippen LogP contribution in [0.15, 0.2) is 6.33 Å². The van der Waals surface area contributed by atoms with Crippen molar-refractivity contribution >= 4 is 17.8 Å². The normalized spacial score (nSPS) is 18.1. The number of rotatable bonds is 5. The average molecular weight is 318 g/mol. The summed E-state index contributed by atoms with van der Waals surface area (Å²) < 4.78 is 0. The first-order valence-corrected chi connectivity index (χ1v) is 7.87. The molecule has 0 spiro atoms. The van der Waals surface area contributed by atoms with E-state index in [2.05, 4.69) is 20.2 Å². The number of hydrogen-bond acceptors (Lipinski definition) is 6. The maximum atomic E-state index is 11.6. The minimum atomic E-state index is -0.276. The fraction of sp³-hybridized carbons (Fsp3) is 0.600. The minimum absolute atomic E-state index is 0.124. The van der Waals surface area contributed by atoms with Crippen molar-refractivity contribution in [3.05, 3.63) is 17.6 Å². The highest BCUT2D eigenvalue weighted by Gasteiger charge is 2.28. The van der Waals surface area contributed by atoms with Gasteiger partial charge in [0.2, 0.25) is 5.91 Å². The molecule has 1 aromatic rings. The van der Waals surface area contributed by atoms with Crippen molar-refractivity contribution in [2.24, 2.45) is 0 Å². The van der Waals surface area contributed by atoms with Gasteiger partial charge in [-0.2, -0.15) is 0 Å². The molecule has 0 unspecified atom stereocenters. The monoisotopic (exact) mass is 318 g/mol. The topological polar surface area (TPSA) is 81.7 Å². The first-order chi connectivity index (χ1) is 11.1. The van der Waals surface area contributed by atoms with E-state index in [1.54, 1.807) is 6.33 Å². The van der Waals surface area contributed by atoms with Crippen LogP contribution >= 0.6 is 0 Å². The molecular formula is C15H22N6O2. The molecule has 8 nitrogen and oxygen atoms in total. The van der Waals surface area contributed by atoms with E-state index in [1.807, 2.05) is 19.0 Å². The van der Waals surface area contributed by atoms with Crippen LogP contribution in [0.3, 0.4) is 0 Å². The molecule has 8 heteroatoms. The van der Waals surface area contributed by atoms with Crippen molar-refractivity contribution in [1.82, 2.24) is 25.1 Å². The molecule has 3 rings (SSSR count). The van der Waals surface area contributed by atoms with E-state index < -0.39 is 0 Å². The molecule has 0 radical (unpaired) electrons. The third-order valence-electron chi connectivity index (χ3n) is 4.28. The largest absolute Gasteiger partial charge is 0.362 e. The minimum Gasteiger partial charge on any atom is -0.362 e. The lowest BCUT2D eigenvalue weighted by molar-refractivity contribution is -0.125. The smallest absolute Gasteiger partial charge is 0.324 e. The Bertz CT molecular complexity index is 602. The van der Waals surface area contributed by atoms with E-state index in [1.165, 1.54) is 10.5 Å². The molecule has 0 aliphatic carbocycles. The van der Waals surface area contributed by atoms with Crippen LogP contribution in [0.2, 0.25) is 0 Å². The Balaban J connectivity index is 1.57. The van der Waals surface area contributed by atoms with Gasteiger partial charge in [0.15, 0.2) is 0 Å². The zero-order valence-electron chi connectivity index (χ0n) is 13.6. The molecule has 2 aliphatic heterocycles. The number of aromatic nitrogens is 2. The summed E-state index contributed by atoms with van der Waals surface area (Å²) in [5.74, 6) is 0.830. The lowest BCUT2D eigenvalue weighted by Gasteiger charge is -2.30. The maximum absolute atomic E-state index is 11.6. The summed E-state index contributed by atoms with van der Waals surface area (Å²) >= 11 is 0. The van der Waals surface area contributed by atoms with E-state index in [0.717, 1.165) is 44.0 Å². The van der Waals surface area contributed by atoms with Gasteiger partial charge in [0.05, 0.1) is 12.2 Å². The summed E-state index contributed by atoms with van der Waals surface area (Å²) in [7, 11) is 3.97. The van der Waals surface area contributed by atoms with Gasteiger partial charge < -0.3 is 10.2 Å². The van der Waals surface area contributed by atoms with Crippen molar-refractivity contribution in [2.75, 3.05) is 45.2 Å². The van der Waals surface area contributed by atoms with Crippen LogP contribution in [-0.4, -0.2) is 72.0 Å². The maximum Gasteiger partial charge on any atom is 0.324 e. The van der Waals surface area contributed by atoms with Crippen molar-refractivity contribution in [2.45, 2.75) is 19.4 Å². The van der Waals surface area contributed by atoms with Crippen LogP contribution in [0.4, 0.5) is 10.6 Å². The molecule has 23 heavy (non-hydrogen) atoms. The Labute approximate surface area is 135 Å². The van der Waals surface area contributed by atoms with Gasteiger partial charge in [-0.1, -0.05) is 0 Å². The molecule has 0 saturated carbocycles. The van der Waals surface area contributed by atoms with Crippen LogP contribution in [0, 0.1) is 0 Å². The molecule has 124 valence electrons. The van der Waals surface area contributed by atoms with Gasteiger partial charge in [-0.05, 0) is 6.42 Å². The molecule has 2 aliphatic rings. The van der Waals surface area contributed by atoms with Gasteiger partial charge >= 0.3 is 6.03 Å². The van der Waals surface area contributed by atoms with Crippen molar-refractivity contribution < 1.29 is 9.59 Å². The quantitative estimate of drug-likeness (QED) is 0.760.